The van der Waals surface area contributed by atoms with Crippen LogP contribution < -0.4 is 5.32 Å². The van der Waals surface area contributed by atoms with Crippen LogP contribution in [-0.4, -0.2) is 26.1 Å². The van der Waals surface area contributed by atoms with Gasteiger partial charge in [0, 0.05) is 24.1 Å². The molecule has 0 bridgehead atoms. The summed E-state index contributed by atoms with van der Waals surface area (Å²) in [5.74, 6) is -0.229. The van der Waals surface area contributed by atoms with Crippen molar-refractivity contribution in [3.05, 3.63) is 83.2 Å². The number of hydrogen-bond donors (Lipinski definition) is 1. The molecule has 4 nitrogen and oxygen atoms in total. The van der Waals surface area contributed by atoms with E-state index in [2.05, 4.69) is 35.1 Å². The van der Waals surface area contributed by atoms with Gasteiger partial charge < -0.3 is 14.8 Å². The van der Waals surface area contributed by atoms with Crippen LogP contribution in [0.25, 0.3) is 5.69 Å². The number of aromatic nitrogens is 2. The van der Waals surface area contributed by atoms with Crippen LogP contribution in [0.15, 0.2) is 54.7 Å². The van der Waals surface area contributed by atoms with Gasteiger partial charge in [-0.25, -0.2) is 4.39 Å². The van der Waals surface area contributed by atoms with Crippen molar-refractivity contribution in [3.8, 4) is 5.69 Å². The second-order valence-corrected chi connectivity index (χ2v) is 7.82. The molecule has 0 amide bonds. The van der Waals surface area contributed by atoms with Crippen LogP contribution in [0.1, 0.15) is 48.1 Å². The summed E-state index contributed by atoms with van der Waals surface area (Å²) >= 11 is 5.68. The Morgan fingerprint density at radius 3 is 2.59 bits per heavy atom. The standard InChI is InChI=1S/C23H25FN4S/c1-4-13-27-22(21(26-23(27)29)19-10-7-8-12-25-19)17-14-15(2)28(16(17)3)20-11-6-5-9-18(20)24/h5-12,14,21-22H,4,13H2,1-3H3,(H,26,29). The Morgan fingerprint density at radius 1 is 1.14 bits per heavy atom. The molecule has 3 aromatic rings. The minimum atomic E-state index is -0.229. The number of aryl methyl sites for hydroxylation is 1. The number of benzene rings is 1. The van der Waals surface area contributed by atoms with Crippen molar-refractivity contribution in [3.63, 3.8) is 0 Å². The highest BCUT2D eigenvalue weighted by Gasteiger charge is 2.41. The van der Waals surface area contributed by atoms with E-state index in [0.717, 1.165) is 40.7 Å². The molecule has 0 radical (unpaired) electrons. The van der Waals surface area contributed by atoms with Crippen molar-refractivity contribution in [1.82, 2.24) is 19.8 Å². The second kappa shape index (κ2) is 7.95. The van der Waals surface area contributed by atoms with E-state index in [9.17, 15) is 4.39 Å². The molecule has 150 valence electrons. The summed E-state index contributed by atoms with van der Waals surface area (Å²) in [7, 11) is 0. The third-order valence-electron chi connectivity index (χ3n) is 5.54. The first-order valence-corrected chi connectivity index (χ1v) is 10.4. The number of rotatable bonds is 5. The molecule has 0 aliphatic carbocycles. The number of nitrogens with zero attached hydrogens (tertiary/aromatic N) is 3. The molecule has 1 saturated heterocycles. The smallest absolute Gasteiger partial charge is 0.170 e. The molecule has 29 heavy (non-hydrogen) atoms. The van der Waals surface area contributed by atoms with Crippen LogP contribution >= 0.6 is 12.2 Å². The minimum absolute atomic E-state index is 0.00377. The van der Waals surface area contributed by atoms with Crippen molar-refractivity contribution in [1.29, 1.82) is 0 Å². The number of thiocarbonyl (C=S) groups is 1. The zero-order chi connectivity index (χ0) is 20.5. The lowest BCUT2D eigenvalue weighted by Gasteiger charge is -2.27. The summed E-state index contributed by atoms with van der Waals surface area (Å²) < 4.78 is 16.5. The molecule has 3 heterocycles. The molecule has 2 aromatic heterocycles. The molecular weight excluding hydrogens is 383 g/mol. The van der Waals surface area contributed by atoms with Gasteiger partial charge in [0.25, 0.3) is 0 Å². The van der Waals surface area contributed by atoms with Crippen molar-refractivity contribution in [2.24, 2.45) is 0 Å². The van der Waals surface area contributed by atoms with Gasteiger partial charge in [0.05, 0.1) is 23.5 Å². The largest absolute Gasteiger partial charge is 0.352 e. The van der Waals surface area contributed by atoms with Gasteiger partial charge in [0.15, 0.2) is 5.11 Å². The van der Waals surface area contributed by atoms with E-state index < -0.39 is 0 Å². The van der Waals surface area contributed by atoms with E-state index in [1.54, 1.807) is 6.07 Å². The third kappa shape index (κ3) is 3.42. The predicted molar refractivity (Wildman–Crippen MR) is 118 cm³/mol. The SMILES string of the molecule is CCCN1C(=S)NC(c2ccccn2)C1c1cc(C)n(-c2ccccc2F)c1C. The monoisotopic (exact) mass is 408 g/mol. The summed E-state index contributed by atoms with van der Waals surface area (Å²) in [6.45, 7) is 7.07. The number of para-hydroxylation sites is 1. The molecular formula is C23H25FN4S. The fourth-order valence-corrected chi connectivity index (χ4v) is 4.65. The van der Waals surface area contributed by atoms with Crippen LogP contribution in [0.5, 0.6) is 0 Å². The predicted octanol–water partition coefficient (Wildman–Crippen LogP) is 5.01. The van der Waals surface area contributed by atoms with E-state index in [0.29, 0.717) is 5.69 Å². The summed E-state index contributed by atoms with van der Waals surface area (Å²) in [5.41, 5.74) is 4.68. The lowest BCUT2D eigenvalue weighted by atomic mass is 9.96. The second-order valence-electron chi connectivity index (χ2n) is 7.43. The van der Waals surface area contributed by atoms with Crippen LogP contribution in [0, 0.1) is 19.7 Å². The lowest BCUT2D eigenvalue weighted by molar-refractivity contribution is 0.316. The Balaban J connectivity index is 1.85. The van der Waals surface area contributed by atoms with Gasteiger partial charge in [-0.1, -0.05) is 25.1 Å². The first kappa shape index (κ1) is 19.6. The molecule has 0 spiro atoms. The molecule has 6 heteroatoms. The van der Waals surface area contributed by atoms with Crippen molar-refractivity contribution >= 4 is 17.3 Å². The fourth-order valence-electron chi connectivity index (χ4n) is 4.32. The highest BCUT2D eigenvalue weighted by atomic mass is 32.1. The molecule has 1 aliphatic heterocycles. The Morgan fingerprint density at radius 2 is 1.90 bits per heavy atom. The Bertz CT molecular complexity index is 1030. The van der Waals surface area contributed by atoms with E-state index >= 15 is 0 Å². The number of nitrogens with one attached hydrogen (secondary N) is 1. The average Bonchev–Trinajstić information content (AvgIpc) is 3.19. The number of halogens is 1. The van der Waals surface area contributed by atoms with E-state index in [1.165, 1.54) is 6.07 Å². The van der Waals surface area contributed by atoms with Gasteiger partial charge in [-0.15, -0.1) is 0 Å². The van der Waals surface area contributed by atoms with Crippen LogP contribution in [0.4, 0.5) is 4.39 Å². The van der Waals surface area contributed by atoms with Crippen molar-refractivity contribution in [2.75, 3.05) is 6.54 Å². The molecule has 1 aliphatic rings. The van der Waals surface area contributed by atoms with E-state index in [-0.39, 0.29) is 17.9 Å². The summed E-state index contributed by atoms with van der Waals surface area (Å²) in [5, 5.41) is 4.21. The van der Waals surface area contributed by atoms with E-state index in [1.807, 2.05) is 48.0 Å². The Labute approximate surface area is 176 Å². The van der Waals surface area contributed by atoms with Gasteiger partial charge >= 0.3 is 0 Å². The van der Waals surface area contributed by atoms with Gasteiger partial charge in [-0.3, -0.25) is 4.98 Å². The molecule has 4 rings (SSSR count). The maximum absolute atomic E-state index is 14.5. The zero-order valence-electron chi connectivity index (χ0n) is 16.9. The molecule has 2 unspecified atom stereocenters. The van der Waals surface area contributed by atoms with Gasteiger partial charge in [0.1, 0.15) is 5.82 Å². The first-order chi connectivity index (χ1) is 14.0. The molecule has 2 atom stereocenters. The van der Waals surface area contributed by atoms with Crippen molar-refractivity contribution in [2.45, 2.75) is 39.3 Å². The average molecular weight is 409 g/mol. The first-order valence-electron chi connectivity index (χ1n) is 9.94. The van der Waals surface area contributed by atoms with E-state index in [4.69, 9.17) is 12.2 Å². The Hall–Kier alpha value is -2.73. The maximum atomic E-state index is 14.5. The summed E-state index contributed by atoms with van der Waals surface area (Å²) in [6.07, 6.45) is 2.79. The van der Waals surface area contributed by atoms with Crippen LogP contribution in [0.3, 0.4) is 0 Å². The lowest BCUT2D eigenvalue weighted by Crippen LogP contribution is -2.30. The molecule has 1 N–H and O–H groups in total. The quantitative estimate of drug-likeness (QED) is 0.602. The van der Waals surface area contributed by atoms with Gasteiger partial charge in [-0.05, 0) is 68.4 Å². The highest BCUT2D eigenvalue weighted by Crippen LogP contribution is 2.41. The fraction of sp³-hybridized carbons (Fsp3) is 0.304. The van der Waals surface area contributed by atoms with Crippen molar-refractivity contribution < 1.29 is 4.39 Å². The molecule has 1 fully saturated rings. The minimum Gasteiger partial charge on any atom is -0.352 e. The number of pyridine rings is 1. The normalized spacial score (nSPS) is 18.9. The van der Waals surface area contributed by atoms with Gasteiger partial charge in [0.2, 0.25) is 0 Å². The topological polar surface area (TPSA) is 33.1 Å². The maximum Gasteiger partial charge on any atom is 0.170 e. The number of hydrogen-bond acceptors (Lipinski definition) is 2. The summed E-state index contributed by atoms with van der Waals surface area (Å²) in [4.78, 5) is 6.82. The van der Waals surface area contributed by atoms with Gasteiger partial charge in [-0.2, -0.15) is 0 Å². The zero-order valence-corrected chi connectivity index (χ0v) is 17.7. The third-order valence-corrected chi connectivity index (χ3v) is 5.90. The molecule has 1 aromatic carbocycles. The van der Waals surface area contributed by atoms with Crippen LogP contribution in [-0.2, 0) is 0 Å². The highest BCUT2D eigenvalue weighted by molar-refractivity contribution is 7.80. The Kier molecular flexibility index (Phi) is 5.37. The molecule has 0 saturated carbocycles. The van der Waals surface area contributed by atoms with Crippen LogP contribution in [0.2, 0.25) is 0 Å². The summed E-state index contributed by atoms with van der Waals surface area (Å²) in [6, 6.07) is 14.9.